The Labute approximate surface area is 178 Å². The molecule has 3 rings (SSSR count). The average Bonchev–Trinajstić information content (AvgIpc) is 2.95. The molecule has 1 aliphatic heterocycles. The van der Waals surface area contributed by atoms with Crippen molar-refractivity contribution >= 4 is 33.9 Å². The highest BCUT2D eigenvalue weighted by Crippen LogP contribution is 2.38. The van der Waals surface area contributed by atoms with Crippen LogP contribution in [0.3, 0.4) is 0 Å². The number of carbonyl (C=O) groups is 2. The summed E-state index contributed by atoms with van der Waals surface area (Å²) in [6.07, 6.45) is 1.63. The van der Waals surface area contributed by atoms with Crippen LogP contribution < -0.4 is 14.8 Å². The van der Waals surface area contributed by atoms with Gasteiger partial charge in [-0.25, -0.2) is 4.79 Å². The normalized spacial score (nSPS) is 15.0. The van der Waals surface area contributed by atoms with Crippen molar-refractivity contribution in [3.05, 3.63) is 63.3 Å². The number of rotatable bonds is 7. The van der Waals surface area contributed by atoms with Gasteiger partial charge >= 0.3 is 6.03 Å². The molecule has 152 valence electrons. The summed E-state index contributed by atoms with van der Waals surface area (Å²) in [7, 11) is 0. The SMILES string of the molecule is CCOc1cc(/C=C2/NC(=O)N(CC)C2=O)cc(Br)c1OCc1ccc(C)cc1. The Morgan fingerprint density at radius 2 is 1.83 bits per heavy atom. The van der Waals surface area contributed by atoms with E-state index >= 15 is 0 Å². The molecule has 0 spiro atoms. The van der Waals surface area contributed by atoms with Gasteiger partial charge in [-0.3, -0.25) is 9.69 Å². The lowest BCUT2D eigenvalue weighted by Gasteiger charge is -2.15. The number of aryl methyl sites for hydroxylation is 1. The summed E-state index contributed by atoms with van der Waals surface area (Å²) in [5, 5.41) is 2.60. The van der Waals surface area contributed by atoms with Crippen LogP contribution in [-0.2, 0) is 11.4 Å². The molecule has 1 aliphatic rings. The van der Waals surface area contributed by atoms with E-state index in [2.05, 4.69) is 21.2 Å². The molecular weight excluding hydrogens is 436 g/mol. The maximum Gasteiger partial charge on any atom is 0.328 e. The molecule has 1 heterocycles. The zero-order valence-electron chi connectivity index (χ0n) is 16.6. The number of likely N-dealkylation sites (N-methyl/N-ethyl adjacent to an activating group) is 1. The molecule has 0 aromatic heterocycles. The van der Waals surface area contributed by atoms with Crippen molar-refractivity contribution < 1.29 is 19.1 Å². The Morgan fingerprint density at radius 3 is 2.45 bits per heavy atom. The Bertz CT molecular complexity index is 954. The third-order valence-corrected chi connectivity index (χ3v) is 5.01. The molecular formula is C22H23BrN2O4. The minimum atomic E-state index is -0.411. The van der Waals surface area contributed by atoms with E-state index in [1.807, 2.05) is 44.2 Å². The lowest BCUT2D eigenvalue weighted by molar-refractivity contribution is -0.122. The van der Waals surface area contributed by atoms with Crippen molar-refractivity contribution in [2.45, 2.75) is 27.4 Å². The van der Waals surface area contributed by atoms with Gasteiger partial charge in [-0.05, 0) is 66.0 Å². The predicted octanol–water partition coefficient (Wildman–Crippen LogP) is 4.65. The molecule has 1 N–H and O–H groups in total. The largest absolute Gasteiger partial charge is 0.490 e. The lowest BCUT2D eigenvalue weighted by Crippen LogP contribution is -2.30. The van der Waals surface area contributed by atoms with Crippen LogP contribution >= 0.6 is 15.9 Å². The highest BCUT2D eigenvalue weighted by atomic mass is 79.9. The van der Waals surface area contributed by atoms with Crippen molar-refractivity contribution in [2.24, 2.45) is 0 Å². The smallest absolute Gasteiger partial charge is 0.328 e. The van der Waals surface area contributed by atoms with E-state index < -0.39 is 6.03 Å². The molecule has 7 heteroatoms. The van der Waals surface area contributed by atoms with Crippen LogP contribution in [0.2, 0.25) is 0 Å². The second-order valence-electron chi connectivity index (χ2n) is 6.57. The van der Waals surface area contributed by atoms with Gasteiger partial charge in [-0.15, -0.1) is 0 Å². The van der Waals surface area contributed by atoms with E-state index in [0.717, 1.165) is 10.5 Å². The van der Waals surface area contributed by atoms with Crippen LogP contribution in [0.15, 0.2) is 46.6 Å². The molecule has 0 bridgehead atoms. The van der Waals surface area contributed by atoms with Gasteiger partial charge in [0.25, 0.3) is 5.91 Å². The summed E-state index contributed by atoms with van der Waals surface area (Å²) in [6.45, 7) is 6.87. The summed E-state index contributed by atoms with van der Waals surface area (Å²) in [5.74, 6) is 0.808. The minimum Gasteiger partial charge on any atom is -0.490 e. The number of hydrogen-bond acceptors (Lipinski definition) is 4. The molecule has 0 aliphatic carbocycles. The molecule has 1 saturated heterocycles. The average molecular weight is 459 g/mol. The van der Waals surface area contributed by atoms with Crippen LogP contribution in [-0.4, -0.2) is 30.0 Å². The van der Waals surface area contributed by atoms with Crippen molar-refractivity contribution in [1.82, 2.24) is 10.2 Å². The van der Waals surface area contributed by atoms with E-state index in [1.165, 1.54) is 5.56 Å². The summed E-state index contributed by atoms with van der Waals surface area (Å²) in [5.41, 5.74) is 3.19. The first-order chi connectivity index (χ1) is 13.9. The number of benzene rings is 2. The molecule has 2 aromatic rings. The van der Waals surface area contributed by atoms with Gasteiger partial charge in [-0.2, -0.15) is 0 Å². The van der Waals surface area contributed by atoms with Crippen LogP contribution in [0.4, 0.5) is 4.79 Å². The van der Waals surface area contributed by atoms with Gasteiger partial charge in [0.05, 0.1) is 11.1 Å². The van der Waals surface area contributed by atoms with Gasteiger partial charge in [0.2, 0.25) is 0 Å². The first-order valence-electron chi connectivity index (χ1n) is 9.42. The zero-order valence-corrected chi connectivity index (χ0v) is 18.2. The first-order valence-corrected chi connectivity index (χ1v) is 10.2. The molecule has 2 aromatic carbocycles. The fraction of sp³-hybridized carbons (Fsp3) is 0.273. The quantitative estimate of drug-likeness (QED) is 0.484. The number of nitrogens with one attached hydrogen (secondary N) is 1. The second kappa shape index (κ2) is 9.13. The Hall–Kier alpha value is -2.80. The highest BCUT2D eigenvalue weighted by molar-refractivity contribution is 9.10. The number of nitrogens with zero attached hydrogens (tertiary/aromatic N) is 1. The molecule has 29 heavy (non-hydrogen) atoms. The van der Waals surface area contributed by atoms with Gasteiger partial charge in [0.15, 0.2) is 11.5 Å². The molecule has 0 radical (unpaired) electrons. The number of amides is 3. The van der Waals surface area contributed by atoms with Crippen LogP contribution in [0.5, 0.6) is 11.5 Å². The molecule has 6 nitrogen and oxygen atoms in total. The summed E-state index contributed by atoms with van der Waals surface area (Å²) in [6, 6.07) is 11.3. The predicted molar refractivity (Wildman–Crippen MR) is 115 cm³/mol. The van der Waals surface area contributed by atoms with Crippen molar-refractivity contribution in [1.29, 1.82) is 0 Å². The van der Waals surface area contributed by atoms with E-state index in [4.69, 9.17) is 9.47 Å². The van der Waals surface area contributed by atoms with Gasteiger partial charge in [-0.1, -0.05) is 29.8 Å². The van der Waals surface area contributed by atoms with Crippen molar-refractivity contribution in [2.75, 3.05) is 13.2 Å². The Balaban J connectivity index is 1.86. The number of imide groups is 1. The third kappa shape index (κ3) is 4.79. The number of carbonyl (C=O) groups excluding carboxylic acids is 2. The molecule has 0 unspecified atom stereocenters. The number of urea groups is 1. The van der Waals surface area contributed by atoms with Crippen molar-refractivity contribution in [3.63, 3.8) is 0 Å². The van der Waals surface area contributed by atoms with Crippen LogP contribution in [0.1, 0.15) is 30.5 Å². The number of ether oxygens (including phenoxy) is 2. The van der Waals surface area contributed by atoms with Gasteiger partial charge in [0, 0.05) is 6.54 Å². The van der Waals surface area contributed by atoms with E-state index in [1.54, 1.807) is 19.1 Å². The molecule has 0 saturated carbocycles. The Morgan fingerprint density at radius 1 is 1.10 bits per heavy atom. The summed E-state index contributed by atoms with van der Waals surface area (Å²) >= 11 is 3.54. The number of halogens is 1. The maximum absolute atomic E-state index is 12.3. The standard InChI is InChI=1S/C22H23BrN2O4/c1-4-25-21(26)18(24-22(25)27)11-16-10-17(23)20(19(12-16)28-5-2)29-13-15-8-6-14(3)7-9-15/h6-12H,4-5,13H2,1-3H3,(H,24,27)/b18-11+. The zero-order chi connectivity index (χ0) is 21.0. The fourth-order valence-electron chi connectivity index (χ4n) is 2.94. The third-order valence-electron chi connectivity index (χ3n) is 4.43. The van der Waals surface area contributed by atoms with E-state index in [0.29, 0.717) is 41.3 Å². The highest BCUT2D eigenvalue weighted by Gasteiger charge is 2.32. The Kier molecular flexibility index (Phi) is 6.59. The second-order valence-corrected chi connectivity index (χ2v) is 7.43. The number of hydrogen-bond donors (Lipinski definition) is 1. The molecule has 0 atom stereocenters. The van der Waals surface area contributed by atoms with Gasteiger partial charge < -0.3 is 14.8 Å². The monoisotopic (exact) mass is 458 g/mol. The van der Waals surface area contributed by atoms with Crippen LogP contribution in [0, 0.1) is 6.92 Å². The lowest BCUT2D eigenvalue weighted by atomic mass is 10.1. The topological polar surface area (TPSA) is 67.9 Å². The first kappa shape index (κ1) is 20.9. The van der Waals surface area contributed by atoms with E-state index in [9.17, 15) is 9.59 Å². The maximum atomic E-state index is 12.3. The van der Waals surface area contributed by atoms with E-state index in [-0.39, 0.29) is 11.6 Å². The summed E-state index contributed by atoms with van der Waals surface area (Å²) < 4.78 is 12.5. The van der Waals surface area contributed by atoms with Crippen LogP contribution in [0.25, 0.3) is 6.08 Å². The molecule has 3 amide bonds. The minimum absolute atomic E-state index is 0.236. The molecule has 1 fully saturated rings. The summed E-state index contributed by atoms with van der Waals surface area (Å²) in [4.78, 5) is 25.3. The fourth-order valence-corrected chi connectivity index (χ4v) is 3.51. The van der Waals surface area contributed by atoms with Gasteiger partial charge in [0.1, 0.15) is 12.3 Å². The van der Waals surface area contributed by atoms with Crippen molar-refractivity contribution in [3.8, 4) is 11.5 Å².